The van der Waals surface area contributed by atoms with Gasteiger partial charge in [-0.3, -0.25) is 4.79 Å². The van der Waals surface area contributed by atoms with E-state index in [4.69, 9.17) is 4.42 Å². The van der Waals surface area contributed by atoms with Crippen molar-refractivity contribution in [2.75, 3.05) is 4.90 Å². The number of thiophene rings is 1. The van der Waals surface area contributed by atoms with Crippen molar-refractivity contribution in [1.29, 1.82) is 0 Å². The van der Waals surface area contributed by atoms with Crippen molar-refractivity contribution in [1.82, 2.24) is 0 Å². The molecule has 0 atom stereocenters. The molecule has 0 spiro atoms. The van der Waals surface area contributed by atoms with Gasteiger partial charge in [-0.25, -0.2) is 0 Å². The van der Waals surface area contributed by atoms with Crippen LogP contribution >= 0.6 is 11.3 Å². The summed E-state index contributed by atoms with van der Waals surface area (Å²) >= 11 is 1.69. The average Bonchev–Trinajstić information content (AvgIpc) is 3.29. The Bertz CT molecular complexity index is 1310. The molecule has 2 heterocycles. The number of rotatable bonds is 4. The lowest BCUT2D eigenvalue weighted by Gasteiger charge is -2.23. The molecule has 0 N–H and O–H groups in total. The van der Waals surface area contributed by atoms with Crippen LogP contribution in [0.15, 0.2) is 112 Å². The maximum absolute atomic E-state index is 12.4. The number of benzene rings is 3. The normalized spacial score (nSPS) is 10.9. The second-order valence-corrected chi connectivity index (χ2v) is 7.57. The van der Waals surface area contributed by atoms with Crippen molar-refractivity contribution < 1.29 is 4.42 Å². The van der Waals surface area contributed by atoms with Gasteiger partial charge in [-0.2, -0.15) is 0 Å². The molecule has 0 aliphatic heterocycles. The van der Waals surface area contributed by atoms with Crippen LogP contribution in [0.4, 0.5) is 16.4 Å². The summed E-state index contributed by atoms with van der Waals surface area (Å²) in [6, 6.07) is 31.4. The zero-order valence-electron chi connectivity index (χ0n) is 15.5. The molecule has 0 aliphatic rings. The summed E-state index contributed by atoms with van der Waals surface area (Å²) in [6.07, 6.45) is 0. The quantitative estimate of drug-likeness (QED) is 0.329. The standard InChI is InChI=1S/C25H17NO2S/c27-22-17-24(28-23-10-5-4-9-21(22)23)18-12-14-20(15-13-18)26(25-11-6-16-29-25)19-7-2-1-3-8-19/h1-17H. The molecule has 0 fully saturated rings. The lowest BCUT2D eigenvalue weighted by Crippen LogP contribution is -2.08. The molecule has 0 unspecified atom stereocenters. The zero-order valence-corrected chi connectivity index (χ0v) is 16.3. The molecule has 3 aromatic carbocycles. The Morgan fingerprint density at radius 3 is 2.21 bits per heavy atom. The molecule has 0 amide bonds. The van der Waals surface area contributed by atoms with Gasteiger partial charge in [-0.15, -0.1) is 11.3 Å². The summed E-state index contributed by atoms with van der Waals surface area (Å²) in [5, 5.41) is 3.81. The van der Waals surface area contributed by atoms with Gasteiger partial charge in [0.1, 0.15) is 11.3 Å². The van der Waals surface area contributed by atoms with E-state index in [1.807, 2.05) is 54.6 Å². The Morgan fingerprint density at radius 1 is 0.724 bits per heavy atom. The average molecular weight is 395 g/mol. The van der Waals surface area contributed by atoms with E-state index in [0.717, 1.165) is 21.9 Å². The largest absolute Gasteiger partial charge is 0.456 e. The van der Waals surface area contributed by atoms with Crippen LogP contribution in [0, 0.1) is 0 Å². The van der Waals surface area contributed by atoms with Crippen LogP contribution in [0.2, 0.25) is 0 Å². The predicted molar refractivity (Wildman–Crippen MR) is 120 cm³/mol. The molecular formula is C25H17NO2S. The van der Waals surface area contributed by atoms with Gasteiger partial charge in [0.15, 0.2) is 5.43 Å². The molecule has 0 saturated carbocycles. The molecule has 29 heavy (non-hydrogen) atoms. The van der Waals surface area contributed by atoms with Crippen LogP contribution in [-0.4, -0.2) is 0 Å². The summed E-state index contributed by atoms with van der Waals surface area (Å²) in [7, 11) is 0. The molecule has 4 heteroatoms. The van der Waals surface area contributed by atoms with Crippen molar-refractivity contribution in [2.24, 2.45) is 0 Å². The van der Waals surface area contributed by atoms with E-state index in [9.17, 15) is 4.79 Å². The SMILES string of the molecule is O=c1cc(-c2ccc(N(c3ccccc3)c3cccs3)cc2)oc2ccccc12. The number of hydrogen-bond acceptors (Lipinski definition) is 4. The Balaban J connectivity index is 1.56. The third-order valence-electron chi connectivity index (χ3n) is 4.79. The fourth-order valence-corrected chi connectivity index (χ4v) is 4.17. The minimum absolute atomic E-state index is 0.0320. The third kappa shape index (κ3) is 3.35. The summed E-state index contributed by atoms with van der Waals surface area (Å²) in [5.41, 5.74) is 3.58. The van der Waals surface area contributed by atoms with Gasteiger partial charge in [0, 0.05) is 23.0 Å². The molecule has 0 aliphatic carbocycles. The number of para-hydroxylation sites is 2. The van der Waals surface area contributed by atoms with Crippen molar-refractivity contribution in [3.05, 3.63) is 113 Å². The van der Waals surface area contributed by atoms with Crippen LogP contribution in [0.1, 0.15) is 0 Å². The fourth-order valence-electron chi connectivity index (χ4n) is 3.40. The van der Waals surface area contributed by atoms with E-state index in [0.29, 0.717) is 16.7 Å². The molecule has 3 nitrogen and oxygen atoms in total. The lowest BCUT2D eigenvalue weighted by atomic mass is 10.1. The van der Waals surface area contributed by atoms with E-state index in [-0.39, 0.29) is 5.43 Å². The first-order chi connectivity index (χ1) is 14.3. The highest BCUT2D eigenvalue weighted by Gasteiger charge is 2.13. The van der Waals surface area contributed by atoms with Crippen LogP contribution in [0.5, 0.6) is 0 Å². The molecular weight excluding hydrogens is 378 g/mol. The maximum Gasteiger partial charge on any atom is 0.193 e. The Hall–Kier alpha value is -3.63. The number of nitrogens with zero attached hydrogens (tertiary/aromatic N) is 1. The topological polar surface area (TPSA) is 33.5 Å². The fraction of sp³-hybridized carbons (Fsp3) is 0. The number of hydrogen-bond donors (Lipinski definition) is 0. The Kier molecular flexibility index (Phi) is 4.47. The van der Waals surface area contributed by atoms with Crippen LogP contribution in [0.25, 0.3) is 22.3 Å². The highest BCUT2D eigenvalue weighted by atomic mass is 32.1. The molecule has 0 bridgehead atoms. The van der Waals surface area contributed by atoms with E-state index < -0.39 is 0 Å². The highest BCUT2D eigenvalue weighted by Crippen LogP contribution is 2.37. The van der Waals surface area contributed by atoms with Crippen LogP contribution < -0.4 is 10.3 Å². The van der Waals surface area contributed by atoms with Gasteiger partial charge < -0.3 is 9.32 Å². The van der Waals surface area contributed by atoms with Gasteiger partial charge in [0.2, 0.25) is 0 Å². The zero-order chi connectivity index (χ0) is 19.6. The van der Waals surface area contributed by atoms with E-state index in [1.165, 1.54) is 0 Å². The minimum Gasteiger partial charge on any atom is -0.456 e. The Labute approximate surface area is 172 Å². The lowest BCUT2D eigenvalue weighted by molar-refractivity contribution is 0.619. The second kappa shape index (κ2) is 7.41. The molecule has 140 valence electrons. The number of anilines is 3. The van der Waals surface area contributed by atoms with Gasteiger partial charge >= 0.3 is 0 Å². The first kappa shape index (κ1) is 17.5. The first-order valence-corrected chi connectivity index (χ1v) is 10.2. The van der Waals surface area contributed by atoms with Gasteiger partial charge in [0.05, 0.1) is 10.4 Å². The monoisotopic (exact) mass is 395 g/mol. The Morgan fingerprint density at radius 2 is 1.45 bits per heavy atom. The van der Waals surface area contributed by atoms with Crippen LogP contribution in [0.3, 0.4) is 0 Å². The number of fused-ring (bicyclic) bond motifs is 1. The van der Waals surface area contributed by atoms with Crippen molar-refractivity contribution in [3.63, 3.8) is 0 Å². The maximum atomic E-state index is 12.4. The highest BCUT2D eigenvalue weighted by molar-refractivity contribution is 7.14. The van der Waals surface area contributed by atoms with Gasteiger partial charge in [-0.05, 0) is 66.0 Å². The van der Waals surface area contributed by atoms with Crippen molar-refractivity contribution in [3.8, 4) is 11.3 Å². The summed E-state index contributed by atoms with van der Waals surface area (Å²) in [6.45, 7) is 0. The third-order valence-corrected chi connectivity index (χ3v) is 5.64. The molecule has 0 radical (unpaired) electrons. The van der Waals surface area contributed by atoms with Crippen molar-refractivity contribution in [2.45, 2.75) is 0 Å². The summed E-state index contributed by atoms with van der Waals surface area (Å²) in [4.78, 5) is 14.6. The van der Waals surface area contributed by atoms with Crippen LogP contribution in [-0.2, 0) is 0 Å². The summed E-state index contributed by atoms with van der Waals surface area (Å²) in [5.74, 6) is 0.572. The minimum atomic E-state index is -0.0320. The smallest absolute Gasteiger partial charge is 0.193 e. The van der Waals surface area contributed by atoms with Gasteiger partial charge in [-0.1, -0.05) is 30.3 Å². The second-order valence-electron chi connectivity index (χ2n) is 6.64. The van der Waals surface area contributed by atoms with E-state index in [2.05, 4.69) is 40.6 Å². The van der Waals surface area contributed by atoms with E-state index >= 15 is 0 Å². The molecule has 5 rings (SSSR count). The van der Waals surface area contributed by atoms with E-state index in [1.54, 1.807) is 23.5 Å². The van der Waals surface area contributed by atoms with Crippen molar-refractivity contribution >= 4 is 38.7 Å². The predicted octanol–water partition coefficient (Wildman–Crippen LogP) is 6.99. The molecule has 5 aromatic rings. The van der Waals surface area contributed by atoms with Gasteiger partial charge in [0.25, 0.3) is 0 Å². The first-order valence-electron chi connectivity index (χ1n) is 9.32. The summed E-state index contributed by atoms with van der Waals surface area (Å²) < 4.78 is 5.97. The molecule has 0 saturated heterocycles. The molecule has 2 aromatic heterocycles.